The molecule has 0 spiro atoms. The molecule has 3 heterocycles. The minimum atomic E-state index is -0.479. The highest BCUT2D eigenvalue weighted by molar-refractivity contribution is 7.20. The Labute approximate surface area is 174 Å². The second kappa shape index (κ2) is 8.37. The van der Waals surface area contributed by atoms with Gasteiger partial charge in [0.2, 0.25) is 5.91 Å². The Morgan fingerprint density at radius 2 is 1.90 bits per heavy atom. The van der Waals surface area contributed by atoms with E-state index in [0.29, 0.717) is 17.9 Å². The summed E-state index contributed by atoms with van der Waals surface area (Å²) < 4.78 is 2.91. The van der Waals surface area contributed by atoms with Crippen LogP contribution in [0.15, 0.2) is 42.7 Å². The number of hydrogen-bond acceptors (Lipinski definition) is 4. The van der Waals surface area contributed by atoms with Gasteiger partial charge in [0, 0.05) is 31.0 Å². The van der Waals surface area contributed by atoms with E-state index in [1.165, 1.54) is 11.3 Å². The molecule has 0 saturated carbocycles. The lowest BCUT2D eigenvalue weighted by molar-refractivity contribution is -0.132. The molecule has 1 fully saturated rings. The molecule has 6 nitrogen and oxygen atoms in total. The van der Waals surface area contributed by atoms with Gasteiger partial charge < -0.3 is 14.8 Å². The Kier molecular flexibility index (Phi) is 5.67. The maximum Gasteiger partial charge on any atom is 0.251 e. The lowest BCUT2D eigenvalue weighted by Gasteiger charge is -2.25. The molecule has 0 bridgehead atoms. The number of carbonyl (C=O) groups excluding carboxylic acids is 2. The third-order valence-corrected chi connectivity index (χ3v) is 6.22. The summed E-state index contributed by atoms with van der Waals surface area (Å²) in [6, 6.07) is 8.95. The van der Waals surface area contributed by atoms with Gasteiger partial charge in [0.15, 0.2) is 5.13 Å². The first-order valence-electron chi connectivity index (χ1n) is 10.1. The fourth-order valence-electron chi connectivity index (χ4n) is 3.72. The summed E-state index contributed by atoms with van der Waals surface area (Å²) in [4.78, 5) is 32.3. The van der Waals surface area contributed by atoms with Crippen molar-refractivity contribution in [3.63, 3.8) is 0 Å². The fraction of sp³-hybridized carbons (Fsp3) is 0.409. The smallest absolute Gasteiger partial charge is 0.251 e. The molecule has 1 aliphatic rings. The van der Waals surface area contributed by atoms with E-state index in [1.54, 1.807) is 6.07 Å². The van der Waals surface area contributed by atoms with Crippen molar-refractivity contribution in [3.05, 3.63) is 48.3 Å². The average molecular weight is 411 g/mol. The van der Waals surface area contributed by atoms with E-state index in [9.17, 15) is 9.59 Å². The Bertz CT molecular complexity index is 1000. The molecule has 0 aliphatic carbocycles. The molecular weight excluding hydrogens is 384 g/mol. The molecule has 1 atom stereocenters. The highest BCUT2D eigenvalue weighted by Gasteiger charge is 2.28. The largest absolute Gasteiger partial charge is 0.341 e. The van der Waals surface area contributed by atoms with E-state index in [0.717, 1.165) is 41.3 Å². The number of fused-ring (bicyclic) bond motifs is 1. The van der Waals surface area contributed by atoms with Gasteiger partial charge in [-0.05, 0) is 55.5 Å². The van der Waals surface area contributed by atoms with Crippen LogP contribution in [0.1, 0.15) is 43.5 Å². The standard InChI is InChI=1S/C22H26N4O2S/c1-15(2)13-18(21(28)25-9-3-4-10-25)23-20(27)16-7-8-17-19(14-16)29-22(24-17)26-11-5-6-12-26/h5-8,11-12,14-15,18H,3-4,9-10,13H2,1-2H3,(H,23,27)/t18-/m0/s1. The van der Waals surface area contributed by atoms with Crippen molar-refractivity contribution < 1.29 is 9.59 Å². The van der Waals surface area contributed by atoms with Crippen molar-refractivity contribution >= 4 is 33.4 Å². The van der Waals surface area contributed by atoms with Crippen molar-refractivity contribution in [2.75, 3.05) is 13.1 Å². The molecule has 1 aromatic carbocycles. The molecule has 7 heteroatoms. The fourth-order valence-corrected chi connectivity index (χ4v) is 4.69. The van der Waals surface area contributed by atoms with Gasteiger partial charge in [0.1, 0.15) is 6.04 Å². The number of hydrogen-bond donors (Lipinski definition) is 1. The average Bonchev–Trinajstić information content (AvgIpc) is 3.46. The van der Waals surface area contributed by atoms with Crippen LogP contribution in [0.4, 0.5) is 0 Å². The molecular formula is C22H26N4O2S. The molecule has 1 N–H and O–H groups in total. The summed E-state index contributed by atoms with van der Waals surface area (Å²) in [5.74, 6) is 0.152. The highest BCUT2D eigenvalue weighted by Crippen LogP contribution is 2.26. The number of likely N-dealkylation sites (tertiary alicyclic amines) is 1. The Hall–Kier alpha value is -2.67. The Balaban J connectivity index is 1.53. The summed E-state index contributed by atoms with van der Waals surface area (Å²) in [6.45, 7) is 5.72. The van der Waals surface area contributed by atoms with Crippen LogP contribution in [0.2, 0.25) is 0 Å². The summed E-state index contributed by atoms with van der Waals surface area (Å²) in [5, 5.41) is 3.85. The zero-order valence-electron chi connectivity index (χ0n) is 16.8. The van der Waals surface area contributed by atoms with Crippen LogP contribution in [0.25, 0.3) is 15.3 Å². The van der Waals surface area contributed by atoms with Gasteiger partial charge in [-0.1, -0.05) is 25.2 Å². The van der Waals surface area contributed by atoms with E-state index in [-0.39, 0.29) is 11.8 Å². The number of rotatable bonds is 6. The molecule has 1 aliphatic heterocycles. The molecule has 29 heavy (non-hydrogen) atoms. The van der Waals surface area contributed by atoms with E-state index in [1.807, 2.05) is 46.1 Å². The van der Waals surface area contributed by atoms with E-state index in [2.05, 4.69) is 24.1 Å². The summed E-state index contributed by atoms with van der Waals surface area (Å²) in [6.07, 6.45) is 6.62. The van der Waals surface area contributed by atoms with Crippen molar-refractivity contribution in [3.8, 4) is 5.13 Å². The molecule has 0 radical (unpaired) electrons. The molecule has 1 saturated heterocycles. The second-order valence-corrected chi connectivity index (χ2v) is 8.97. The second-order valence-electron chi connectivity index (χ2n) is 7.96. The molecule has 3 aromatic rings. The van der Waals surface area contributed by atoms with Crippen LogP contribution in [-0.4, -0.2) is 45.4 Å². The zero-order chi connectivity index (χ0) is 20.4. The van der Waals surface area contributed by atoms with Gasteiger partial charge in [-0.25, -0.2) is 4.98 Å². The molecule has 4 rings (SSSR count). The van der Waals surface area contributed by atoms with Crippen molar-refractivity contribution in [1.82, 2.24) is 19.8 Å². The Morgan fingerprint density at radius 3 is 2.59 bits per heavy atom. The molecule has 2 aromatic heterocycles. The monoisotopic (exact) mass is 410 g/mol. The first-order valence-corrected chi connectivity index (χ1v) is 11.0. The van der Waals surface area contributed by atoms with E-state index >= 15 is 0 Å². The highest BCUT2D eigenvalue weighted by atomic mass is 32.1. The maximum atomic E-state index is 12.9. The summed E-state index contributed by atoms with van der Waals surface area (Å²) >= 11 is 1.54. The van der Waals surface area contributed by atoms with Crippen LogP contribution < -0.4 is 5.32 Å². The molecule has 2 amide bonds. The van der Waals surface area contributed by atoms with Crippen LogP contribution in [0.5, 0.6) is 0 Å². The predicted molar refractivity (Wildman–Crippen MR) is 115 cm³/mol. The third kappa shape index (κ3) is 4.34. The SMILES string of the molecule is CC(C)C[C@H](NC(=O)c1ccc2nc(-n3cccc3)sc2c1)C(=O)N1CCCC1. The lowest BCUT2D eigenvalue weighted by atomic mass is 10.0. The third-order valence-electron chi connectivity index (χ3n) is 5.19. The van der Waals surface area contributed by atoms with Crippen molar-refractivity contribution in [2.45, 2.75) is 39.2 Å². The van der Waals surface area contributed by atoms with E-state index in [4.69, 9.17) is 0 Å². The first kappa shape index (κ1) is 19.6. The first-order chi connectivity index (χ1) is 14.0. The minimum absolute atomic E-state index is 0.0401. The number of aromatic nitrogens is 2. The van der Waals surface area contributed by atoms with Gasteiger partial charge in [-0.2, -0.15) is 0 Å². The zero-order valence-corrected chi connectivity index (χ0v) is 17.6. The number of nitrogens with one attached hydrogen (secondary N) is 1. The normalized spacial score (nSPS) is 15.2. The van der Waals surface area contributed by atoms with Crippen molar-refractivity contribution in [2.24, 2.45) is 5.92 Å². The maximum absolute atomic E-state index is 12.9. The molecule has 152 valence electrons. The quantitative estimate of drug-likeness (QED) is 0.671. The predicted octanol–water partition coefficient (Wildman–Crippen LogP) is 3.85. The Morgan fingerprint density at radius 1 is 1.17 bits per heavy atom. The van der Waals surface area contributed by atoms with Crippen molar-refractivity contribution in [1.29, 1.82) is 0 Å². The number of nitrogens with zero attached hydrogens (tertiary/aromatic N) is 3. The van der Waals surface area contributed by atoms with Gasteiger partial charge in [0.25, 0.3) is 5.91 Å². The topological polar surface area (TPSA) is 67.2 Å². The summed E-state index contributed by atoms with van der Waals surface area (Å²) in [5.41, 5.74) is 1.42. The number of thiazole rings is 1. The number of carbonyl (C=O) groups is 2. The van der Waals surface area contributed by atoms with Gasteiger partial charge in [-0.3, -0.25) is 9.59 Å². The number of amides is 2. The van der Waals surface area contributed by atoms with Crippen LogP contribution in [0, 0.1) is 5.92 Å². The van der Waals surface area contributed by atoms with Gasteiger partial charge in [-0.15, -0.1) is 0 Å². The summed E-state index contributed by atoms with van der Waals surface area (Å²) in [7, 11) is 0. The minimum Gasteiger partial charge on any atom is -0.341 e. The lowest BCUT2D eigenvalue weighted by Crippen LogP contribution is -2.48. The van der Waals surface area contributed by atoms with Crippen LogP contribution in [0.3, 0.4) is 0 Å². The number of benzene rings is 1. The van der Waals surface area contributed by atoms with Gasteiger partial charge >= 0.3 is 0 Å². The van der Waals surface area contributed by atoms with Crippen LogP contribution >= 0.6 is 11.3 Å². The van der Waals surface area contributed by atoms with Crippen LogP contribution in [-0.2, 0) is 4.79 Å². The van der Waals surface area contributed by atoms with E-state index < -0.39 is 6.04 Å². The van der Waals surface area contributed by atoms with Gasteiger partial charge in [0.05, 0.1) is 10.2 Å². The molecule has 0 unspecified atom stereocenters.